The molecule has 0 aliphatic carbocycles. The van der Waals surface area contributed by atoms with Crippen LogP contribution in [0.15, 0.2) is 34.5 Å². The highest BCUT2D eigenvalue weighted by Crippen LogP contribution is 2.23. The third-order valence-electron chi connectivity index (χ3n) is 2.90. The van der Waals surface area contributed by atoms with E-state index in [1.54, 1.807) is 0 Å². The second-order valence-corrected chi connectivity index (χ2v) is 7.40. The Balaban J connectivity index is 2.19. The molecule has 0 fully saturated rings. The Hall–Kier alpha value is -1.08. The van der Waals surface area contributed by atoms with Crippen molar-refractivity contribution in [2.45, 2.75) is 24.8 Å². The van der Waals surface area contributed by atoms with Crippen molar-refractivity contribution in [3.05, 3.63) is 45.1 Å². The number of benzene rings is 1. The number of aryl methyl sites for hydroxylation is 1. The molecule has 0 saturated heterocycles. The van der Waals surface area contributed by atoms with E-state index in [4.69, 9.17) is 17.3 Å². The molecule has 20 heavy (non-hydrogen) atoms. The Morgan fingerprint density at radius 2 is 2.10 bits per heavy atom. The number of nitrogen functional groups attached to an aromatic ring is 1. The van der Waals surface area contributed by atoms with Crippen LogP contribution in [0.1, 0.15) is 17.4 Å². The molecule has 0 bridgehead atoms. The van der Waals surface area contributed by atoms with E-state index in [-0.39, 0.29) is 17.1 Å². The highest BCUT2D eigenvalue weighted by molar-refractivity contribution is 7.89. The third kappa shape index (κ3) is 3.32. The summed E-state index contributed by atoms with van der Waals surface area (Å²) in [6, 6.07) is 6.36. The first-order chi connectivity index (χ1) is 9.44. The monoisotopic (exact) mass is 330 g/mol. The lowest BCUT2D eigenvalue weighted by Gasteiger charge is -2.09. The summed E-state index contributed by atoms with van der Waals surface area (Å²) in [6.07, 6.45) is 0.879. The minimum atomic E-state index is -3.64. The number of rotatable bonds is 5. The zero-order chi connectivity index (χ0) is 14.8. The molecule has 0 atom stereocenters. The van der Waals surface area contributed by atoms with Gasteiger partial charge in [0.1, 0.15) is 4.90 Å². The molecule has 2 rings (SSSR count). The molecule has 0 aliphatic heterocycles. The fraction of sp³-hybridized carbons (Fsp3) is 0.231. The highest BCUT2D eigenvalue weighted by Gasteiger charge is 2.18. The van der Waals surface area contributed by atoms with Crippen LogP contribution in [0.5, 0.6) is 0 Å². The van der Waals surface area contributed by atoms with Crippen LogP contribution in [0.25, 0.3) is 0 Å². The van der Waals surface area contributed by atoms with Crippen molar-refractivity contribution in [2.75, 3.05) is 5.73 Å². The fourth-order valence-corrected chi connectivity index (χ4v) is 4.13. The Morgan fingerprint density at radius 3 is 2.75 bits per heavy atom. The van der Waals surface area contributed by atoms with E-state index < -0.39 is 10.0 Å². The number of hydrogen-bond acceptors (Lipinski definition) is 4. The zero-order valence-corrected chi connectivity index (χ0v) is 13.3. The molecule has 2 aromatic rings. The summed E-state index contributed by atoms with van der Waals surface area (Å²) in [5, 5.41) is 2.37. The summed E-state index contributed by atoms with van der Waals surface area (Å²) in [7, 11) is -3.64. The van der Waals surface area contributed by atoms with Crippen molar-refractivity contribution in [3.8, 4) is 0 Å². The van der Waals surface area contributed by atoms with Gasteiger partial charge in [-0.25, -0.2) is 13.1 Å². The predicted octanol–water partition coefficient (Wildman–Crippen LogP) is 3.02. The molecule has 4 nitrogen and oxygen atoms in total. The minimum Gasteiger partial charge on any atom is -0.398 e. The van der Waals surface area contributed by atoms with E-state index in [9.17, 15) is 8.42 Å². The van der Waals surface area contributed by atoms with Crippen molar-refractivity contribution in [1.82, 2.24) is 4.72 Å². The molecule has 0 radical (unpaired) electrons. The number of thiophene rings is 1. The van der Waals surface area contributed by atoms with Gasteiger partial charge in [0, 0.05) is 16.4 Å². The lowest BCUT2D eigenvalue weighted by molar-refractivity contribution is 0.582. The number of nitrogens with two attached hydrogens (primary N) is 1. The molecule has 7 heteroatoms. The van der Waals surface area contributed by atoms with Crippen molar-refractivity contribution >= 4 is 38.6 Å². The first-order valence-corrected chi connectivity index (χ1v) is 8.78. The maximum Gasteiger partial charge on any atom is 0.242 e. The van der Waals surface area contributed by atoms with Crippen LogP contribution in [0, 0.1) is 0 Å². The van der Waals surface area contributed by atoms with Crippen LogP contribution >= 0.6 is 22.9 Å². The number of hydrogen-bond donors (Lipinski definition) is 2. The molecule has 1 heterocycles. The van der Waals surface area contributed by atoms with Crippen LogP contribution in [-0.2, 0) is 23.0 Å². The number of nitrogens with one attached hydrogen (secondary N) is 1. The van der Waals surface area contributed by atoms with Crippen LogP contribution in [0.4, 0.5) is 5.69 Å². The average Bonchev–Trinajstić information content (AvgIpc) is 2.83. The fourth-order valence-electron chi connectivity index (χ4n) is 1.84. The maximum absolute atomic E-state index is 12.2. The van der Waals surface area contributed by atoms with Gasteiger partial charge in [0.15, 0.2) is 0 Å². The van der Waals surface area contributed by atoms with E-state index in [1.807, 2.05) is 18.4 Å². The normalized spacial score (nSPS) is 11.7. The number of anilines is 1. The molecule has 0 aliphatic rings. The summed E-state index contributed by atoms with van der Waals surface area (Å²) < 4.78 is 27.0. The molecule has 108 valence electrons. The van der Waals surface area contributed by atoms with Gasteiger partial charge in [0.05, 0.1) is 5.69 Å². The van der Waals surface area contributed by atoms with Gasteiger partial charge in [-0.15, -0.1) is 11.3 Å². The smallest absolute Gasteiger partial charge is 0.242 e. The quantitative estimate of drug-likeness (QED) is 0.828. The predicted molar refractivity (Wildman–Crippen MR) is 83.6 cm³/mol. The maximum atomic E-state index is 12.2. The van der Waals surface area contributed by atoms with Crippen LogP contribution in [0.3, 0.4) is 0 Å². The lowest BCUT2D eigenvalue weighted by atomic mass is 10.2. The van der Waals surface area contributed by atoms with Gasteiger partial charge in [-0.1, -0.05) is 18.5 Å². The molecule has 0 unspecified atom stereocenters. The Kier molecular flexibility index (Phi) is 4.70. The average molecular weight is 331 g/mol. The van der Waals surface area contributed by atoms with Crippen LogP contribution in [-0.4, -0.2) is 8.42 Å². The van der Waals surface area contributed by atoms with Crippen molar-refractivity contribution in [1.29, 1.82) is 0 Å². The van der Waals surface area contributed by atoms with E-state index in [2.05, 4.69) is 4.72 Å². The SMILES string of the molecule is CCc1ccsc1CNS(=O)(=O)c1ccc(Cl)cc1N. The van der Waals surface area contributed by atoms with Gasteiger partial charge in [-0.3, -0.25) is 0 Å². The first-order valence-electron chi connectivity index (χ1n) is 6.04. The van der Waals surface area contributed by atoms with Crippen molar-refractivity contribution in [3.63, 3.8) is 0 Å². The Bertz CT molecular complexity index is 711. The summed E-state index contributed by atoms with van der Waals surface area (Å²) in [5.74, 6) is 0. The largest absolute Gasteiger partial charge is 0.398 e. The van der Waals surface area contributed by atoms with E-state index in [1.165, 1.54) is 29.5 Å². The topological polar surface area (TPSA) is 72.2 Å². The van der Waals surface area contributed by atoms with E-state index >= 15 is 0 Å². The molecule has 0 amide bonds. The first kappa shape index (κ1) is 15.3. The third-order valence-corrected chi connectivity index (χ3v) is 5.58. The summed E-state index contributed by atoms with van der Waals surface area (Å²) in [5.41, 5.74) is 7.01. The molecule has 0 saturated carbocycles. The summed E-state index contributed by atoms with van der Waals surface area (Å²) in [6.45, 7) is 2.31. The Morgan fingerprint density at radius 1 is 1.35 bits per heavy atom. The molecule has 3 N–H and O–H groups in total. The van der Waals surface area contributed by atoms with E-state index in [0.717, 1.165) is 16.9 Å². The molecule has 1 aromatic heterocycles. The lowest BCUT2D eigenvalue weighted by Crippen LogP contribution is -2.24. The molecule has 0 spiro atoms. The van der Waals surface area contributed by atoms with Crippen molar-refractivity contribution < 1.29 is 8.42 Å². The van der Waals surface area contributed by atoms with Gasteiger partial charge in [0.2, 0.25) is 10.0 Å². The molecular weight excluding hydrogens is 316 g/mol. The van der Waals surface area contributed by atoms with Gasteiger partial charge < -0.3 is 5.73 Å². The molecule has 1 aromatic carbocycles. The number of halogens is 1. The summed E-state index contributed by atoms with van der Waals surface area (Å²) in [4.78, 5) is 1.07. The van der Waals surface area contributed by atoms with Crippen molar-refractivity contribution in [2.24, 2.45) is 0 Å². The second kappa shape index (κ2) is 6.13. The van der Waals surface area contributed by atoms with Crippen LogP contribution in [0.2, 0.25) is 5.02 Å². The zero-order valence-electron chi connectivity index (χ0n) is 10.9. The van der Waals surface area contributed by atoms with Gasteiger partial charge in [-0.05, 0) is 41.6 Å². The Labute approximate surface area is 127 Å². The number of sulfonamides is 1. The second-order valence-electron chi connectivity index (χ2n) is 4.23. The van der Waals surface area contributed by atoms with Gasteiger partial charge in [0.25, 0.3) is 0 Å². The van der Waals surface area contributed by atoms with Gasteiger partial charge in [-0.2, -0.15) is 0 Å². The van der Waals surface area contributed by atoms with Gasteiger partial charge >= 0.3 is 0 Å². The highest BCUT2D eigenvalue weighted by atomic mass is 35.5. The summed E-state index contributed by atoms with van der Waals surface area (Å²) >= 11 is 7.31. The van der Waals surface area contributed by atoms with Crippen LogP contribution < -0.4 is 10.5 Å². The standard InChI is InChI=1S/C13H15ClN2O2S2/c1-2-9-5-6-19-12(9)8-16-20(17,18)13-4-3-10(14)7-11(13)15/h3-7,16H,2,8,15H2,1H3. The van der Waals surface area contributed by atoms with E-state index in [0.29, 0.717) is 5.02 Å². The molecular formula is C13H15ClN2O2S2. The minimum absolute atomic E-state index is 0.0523.